The highest BCUT2D eigenvalue weighted by Gasteiger charge is 2.20. The second-order valence-corrected chi connectivity index (χ2v) is 6.50. The molecular formula is C19H18ClN3O2. The topological polar surface area (TPSA) is 66.1 Å². The van der Waals surface area contributed by atoms with Gasteiger partial charge in [-0.2, -0.15) is 0 Å². The Hall–Kier alpha value is -2.66. The van der Waals surface area contributed by atoms with Crippen LogP contribution in [0.5, 0.6) is 0 Å². The van der Waals surface area contributed by atoms with Gasteiger partial charge in [-0.25, -0.2) is 4.98 Å². The third-order valence-corrected chi connectivity index (χ3v) is 4.17. The first kappa shape index (κ1) is 17.2. The molecule has 128 valence electrons. The predicted molar refractivity (Wildman–Crippen MR) is 98.8 cm³/mol. The minimum Gasteiger partial charge on any atom is -0.329 e. The quantitative estimate of drug-likeness (QED) is 0.777. The lowest BCUT2D eigenvalue weighted by Gasteiger charge is -2.26. The Balaban J connectivity index is 1.95. The summed E-state index contributed by atoms with van der Waals surface area (Å²) in [5.41, 5.74) is 0.906. The fourth-order valence-corrected chi connectivity index (χ4v) is 2.84. The Morgan fingerprint density at radius 2 is 1.96 bits per heavy atom. The second-order valence-electron chi connectivity index (χ2n) is 6.07. The molecule has 0 aliphatic heterocycles. The highest BCUT2D eigenvalue weighted by atomic mass is 35.5. The SMILES string of the molecule is CC(C)N(Cc1nc2ccccc2c(=O)[nH]1)C(=O)c1cccc(Cl)c1. The third-order valence-electron chi connectivity index (χ3n) is 3.94. The van der Waals surface area contributed by atoms with Crippen LogP contribution in [0, 0.1) is 0 Å². The summed E-state index contributed by atoms with van der Waals surface area (Å²) in [6.45, 7) is 4.05. The maximum Gasteiger partial charge on any atom is 0.258 e. The van der Waals surface area contributed by atoms with Crippen molar-refractivity contribution < 1.29 is 4.79 Å². The summed E-state index contributed by atoms with van der Waals surface area (Å²) >= 11 is 5.99. The molecule has 1 aromatic heterocycles. The molecule has 5 nitrogen and oxygen atoms in total. The minimum atomic E-state index is -0.209. The summed E-state index contributed by atoms with van der Waals surface area (Å²) in [6, 6.07) is 13.9. The van der Waals surface area contributed by atoms with E-state index in [0.717, 1.165) is 0 Å². The van der Waals surface area contributed by atoms with Crippen LogP contribution < -0.4 is 5.56 Å². The van der Waals surface area contributed by atoms with Gasteiger partial charge in [0.05, 0.1) is 17.4 Å². The van der Waals surface area contributed by atoms with Crippen LogP contribution in [0.2, 0.25) is 5.02 Å². The fraction of sp³-hybridized carbons (Fsp3) is 0.211. The molecule has 0 saturated heterocycles. The van der Waals surface area contributed by atoms with Gasteiger partial charge in [0.1, 0.15) is 5.82 Å². The van der Waals surface area contributed by atoms with E-state index >= 15 is 0 Å². The molecule has 0 fully saturated rings. The normalized spacial score (nSPS) is 11.0. The van der Waals surface area contributed by atoms with Crippen molar-refractivity contribution >= 4 is 28.4 Å². The molecule has 0 atom stereocenters. The van der Waals surface area contributed by atoms with Gasteiger partial charge in [-0.3, -0.25) is 9.59 Å². The summed E-state index contributed by atoms with van der Waals surface area (Å²) in [5, 5.41) is 1.04. The molecule has 0 spiro atoms. The van der Waals surface area contributed by atoms with Crippen LogP contribution in [0.15, 0.2) is 53.3 Å². The average molecular weight is 356 g/mol. The van der Waals surface area contributed by atoms with E-state index < -0.39 is 0 Å². The van der Waals surface area contributed by atoms with E-state index in [4.69, 9.17) is 11.6 Å². The van der Waals surface area contributed by atoms with Gasteiger partial charge in [-0.15, -0.1) is 0 Å². The van der Waals surface area contributed by atoms with Gasteiger partial charge in [0, 0.05) is 16.6 Å². The largest absolute Gasteiger partial charge is 0.329 e. The van der Waals surface area contributed by atoms with E-state index in [9.17, 15) is 9.59 Å². The van der Waals surface area contributed by atoms with Crippen molar-refractivity contribution in [2.24, 2.45) is 0 Å². The summed E-state index contributed by atoms with van der Waals surface area (Å²) in [4.78, 5) is 34.0. The van der Waals surface area contributed by atoms with E-state index in [1.54, 1.807) is 47.4 Å². The number of amides is 1. The van der Waals surface area contributed by atoms with Crippen molar-refractivity contribution in [2.75, 3.05) is 0 Å². The molecule has 3 rings (SSSR count). The standard InChI is InChI=1S/C19H18ClN3O2/c1-12(2)23(19(25)13-6-5-7-14(20)10-13)11-17-21-16-9-4-3-8-15(16)18(24)22-17/h3-10,12H,11H2,1-2H3,(H,21,22,24). The van der Waals surface area contributed by atoms with E-state index in [1.165, 1.54) is 0 Å². The lowest BCUT2D eigenvalue weighted by atomic mass is 10.1. The molecule has 0 unspecified atom stereocenters. The summed E-state index contributed by atoms with van der Waals surface area (Å²) in [6.07, 6.45) is 0. The smallest absolute Gasteiger partial charge is 0.258 e. The number of para-hydroxylation sites is 1. The van der Waals surface area contributed by atoms with E-state index in [1.807, 2.05) is 19.9 Å². The minimum absolute atomic E-state index is 0.0664. The number of nitrogens with one attached hydrogen (secondary N) is 1. The van der Waals surface area contributed by atoms with E-state index in [-0.39, 0.29) is 24.1 Å². The molecule has 0 radical (unpaired) electrons. The van der Waals surface area contributed by atoms with Gasteiger partial charge in [0.15, 0.2) is 0 Å². The molecule has 1 amide bonds. The summed E-state index contributed by atoms with van der Waals surface area (Å²) in [7, 11) is 0. The Morgan fingerprint density at radius 1 is 1.20 bits per heavy atom. The second kappa shape index (κ2) is 7.07. The molecule has 1 heterocycles. The first-order valence-electron chi connectivity index (χ1n) is 8.00. The monoisotopic (exact) mass is 355 g/mol. The molecule has 3 aromatic rings. The van der Waals surface area contributed by atoms with Crippen LogP contribution in [-0.2, 0) is 6.54 Å². The Bertz CT molecular complexity index is 982. The van der Waals surface area contributed by atoms with Gasteiger partial charge in [-0.05, 0) is 44.2 Å². The van der Waals surface area contributed by atoms with Gasteiger partial charge in [0.25, 0.3) is 11.5 Å². The Kier molecular flexibility index (Phi) is 4.86. The Morgan fingerprint density at radius 3 is 2.68 bits per heavy atom. The number of nitrogens with zero attached hydrogens (tertiary/aromatic N) is 2. The number of hydrogen-bond acceptors (Lipinski definition) is 3. The number of H-pyrrole nitrogens is 1. The first-order valence-corrected chi connectivity index (χ1v) is 8.38. The van der Waals surface area contributed by atoms with Crippen molar-refractivity contribution in [3.63, 3.8) is 0 Å². The molecule has 0 bridgehead atoms. The van der Waals surface area contributed by atoms with Crippen molar-refractivity contribution in [1.29, 1.82) is 0 Å². The average Bonchev–Trinajstić information content (AvgIpc) is 2.59. The van der Waals surface area contributed by atoms with Gasteiger partial charge >= 0.3 is 0 Å². The molecule has 25 heavy (non-hydrogen) atoms. The number of carbonyl (C=O) groups excluding carboxylic acids is 1. The number of aromatic amines is 1. The lowest BCUT2D eigenvalue weighted by molar-refractivity contribution is 0.0685. The molecule has 6 heteroatoms. The number of hydrogen-bond donors (Lipinski definition) is 1. The number of benzene rings is 2. The van der Waals surface area contributed by atoms with Gasteiger partial charge in [0.2, 0.25) is 0 Å². The molecule has 1 N–H and O–H groups in total. The van der Waals surface area contributed by atoms with Crippen molar-refractivity contribution in [3.05, 3.63) is 75.3 Å². The van der Waals surface area contributed by atoms with E-state index in [0.29, 0.717) is 27.3 Å². The summed E-state index contributed by atoms with van der Waals surface area (Å²) in [5.74, 6) is 0.293. The number of carbonyl (C=O) groups is 1. The van der Waals surface area contributed by atoms with Crippen LogP contribution in [0.3, 0.4) is 0 Å². The van der Waals surface area contributed by atoms with Gasteiger partial charge < -0.3 is 9.88 Å². The maximum absolute atomic E-state index is 12.8. The first-order chi connectivity index (χ1) is 12.0. The number of halogens is 1. The zero-order valence-corrected chi connectivity index (χ0v) is 14.7. The Labute approximate surface area is 150 Å². The van der Waals surface area contributed by atoms with Crippen molar-refractivity contribution in [3.8, 4) is 0 Å². The molecule has 2 aromatic carbocycles. The van der Waals surface area contributed by atoms with Gasteiger partial charge in [-0.1, -0.05) is 29.8 Å². The zero-order valence-electron chi connectivity index (χ0n) is 14.0. The molecule has 0 saturated carbocycles. The summed E-state index contributed by atoms with van der Waals surface area (Å²) < 4.78 is 0. The number of rotatable bonds is 4. The number of fused-ring (bicyclic) bond motifs is 1. The molecule has 0 aliphatic rings. The molecule has 0 aliphatic carbocycles. The van der Waals surface area contributed by atoms with Crippen molar-refractivity contribution in [1.82, 2.24) is 14.9 Å². The highest BCUT2D eigenvalue weighted by molar-refractivity contribution is 6.30. The van der Waals surface area contributed by atoms with Crippen LogP contribution in [0.1, 0.15) is 30.0 Å². The van der Waals surface area contributed by atoms with E-state index in [2.05, 4.69) is 9.97 Å². The van der Waals surface area contributed by atoms with Crippen LogP contribution in [-0.4, -0.2) is 26.8 Å². The zero-order chi connectivity index (χ0) is 18.0. The lowest BCUT2D eigenvalue weighted by Crippen LogP contribution is -2.37. The third kappa shape index (κ3) is 3.72. The predicted octanol–water partition coefficient (Wildman–Crippen LogP) is 3.63. The number of aromatic nitrogens is 2. The van der Waals surface area contributed by atoms with Crippen molar-refractivity contribution in [2.45, 2.75) is 26.4 Å². The highest BCUT2D eigenvalue weighted by Crippen LogP contribution is 2.16. The maximum atomic E-state index is 12.8. The fourth-order valence-electron chi connectivity index (χ4n) is 2.65. The van der Waals surface area contributed by atoms with Crippen LogP contribution in [0.25, 0.3) is 10.9 Å². The molecular weight excluding hydrogens is 338 g/mol. The van der Waals surface area contributed by atoms with Crippen LogP contribution in [0.4, 0.5) is 0 Å². The van der Waals surface area contributed by atoms with Crippen LogP contribution >= 0.6 is 11.6 Å².